The van der Waals surface area contributed by atoms with Crippen molar-refractivity contribution in [3.05, 3.63) is 54.5 Å². The van der Waals surface area contributed by atoms with Gasteiger partial charge in [-0.3, -0.25) is 0 Å². The molecular weight excluding hydrogens is 475 g/mol. The molecule has 3 aliphatic rings. The van der Waals surface area contributed by atoms with E-state index in [0.717, 1.165) is 29.7 Å². The number of benzene rings is 1. The molecule has 3 aromatic rings. The lowest BCUT2D eigenvalue weighted by Crippen LogP contribution is -2.44. The van der Waals surface area contributed by atoms with Gasteiger partial charge in [0.1, 0.15) is 17.2 Å². The molecule has 9 nitrogen and oxygen atoms in total. The molecule has 4 heterocycles. The van der Waals surface area contributed by atoms with E-state index in [9.17, 15) is 4.57 Å². The number of hydrogen-bond acceptors (Lipinski definition) is 8. The lowest BCUT2D eigenvalue weighted by Gasteiger charge is -2.36. The number of nitrogens with zero attached hydrogens (tertiary/aromatic N) is 3. The standard InChI is InChI=1S/C26H31N6O3P/c1-34-23-15-20(36(33)13-11-32(12-14-36)19-16-35-17-19)7-8-22(23)29-26-30-24-21(9-10-27-24)25(31-26)28-18-5-3-2-4-6-18/h7-15,18-19H,2-6,16-17H2,1H3,(H3,27,28,29,30,31). The van der Waals surface area contributed by atoms with E-state index in [1.807, 2.05) is 42.9 Å². The van der Waals surface area contributed by atoms with E-state index in [0.29, 0.717) is 48.0 Å². The van der Waals surface area contributed by atoms with Crippen molar-refractivity contribution in [1.82, 2.24) is 19.9 Å². The Morgan fingerprint density at radius 1 is 1.11 bits per heavy atom. The zero-order valence-electron chi connectivity index (χ0n) is 20.3. The molecular formula is C26H31N6O3P. The van der Waals surface area contributed by atoms with E-state index < -0.39 is 7.14 Å². The first kappa shape index (κ1) is 23.1. The molecule has 36 heavy (non-hydrogen) atoms. The van der Waals surface area contributed by atoms with Crippen LogP contribution in [-0.2, 0) is 9.30 Å². The van der Waals surface area contributed by atoms with Gasteiger partial charge in [-0.2, -0.15) is 9.97 Å². The monoisotopic (exact) mass is 506 g/mol. The Kier molecular flexibility index (Phi) is 6.19. The number of aromatic nitrogens is 3. The van der Waals surface area contributed by atoms with Crippen molar-refractivity contribution in [2.45, 2.75) is 44.2 Å². The van der Waals surface area contributed by atoms with Crippen molar-refractivity contribution in [3.63, 3.8) is 0 Å². The van der Waals surface area contributed by atoms with Crippen molar-refractivity contribution >= 4 is 40.9 Å². The predicted octanol–water partition coefficient (Wildman–Crippen LogP) is 5.10. The van der Waals surface area contributed by atoms with E-state index in [1.54, 1.807) is 18.7 Å². The van der Waals surface area contributed by atoms with E-state index in [1.165, 1.54) is 19.3 Å². The fourth-order valence-electron chi connectivity index (χ4n) is 4.93. The zero-order chi connectivity index (χ0) is 24.5. The SMILES string of the molecule is COc1cc(P2(=O)C=CN(C3COC3)C=C2)ccc1Nc1nc(NC2CCCCC2)c2cc[nH]c2n1. The number of aromatic amines is 1. The maximum Gasteiger partial charge on any atom is 0.231 e. The molecule has 2 fully saturated rings. The van der Waals surface area contributed by atoms with E-state index in [-0.39, 0.29) is 0 Å². The summed E-state index contributed by atoms with van der Waals surface area (Å²) in [6.45, 7) is 1.39. The summed E-state index contributed by atoms with van der Waals surface area (Å²) in [6, 6.07) is 8.32. The quantitative estimate of drug-likeness (QED) is 0.380. The van der Waals surface area contributed by atoms with Crippen LogP contribution in [0.2, 0.25) is 0 Å². The van der Waals surface area contributed by atoms with Crippen LogP contribution in [-0.4, -0.2) is 52.3 Å². The number of ether oxygens (including phenoxy) is 2. The van der Waals surface area contributed by atoms with Crippen molar-refractivity contribution in [3.8, 4) is 5.75 Å². The number of methoxy groups -OCH3 is 1. The second-order valence-electron chi connectivity index (χ2n) is 9.57. The van der Waals surface area contributed by atoms with Crippen molar-refractivity contribution < 1.29 is 14.0 Å². The minimum atomic E-state index is -2.82. The topological polar surface area (TPSA) is 104 Å². The average molecular weight is 507 g/mol. The summed E-state index contributed by atoms with van der Waals surface area (Å²) in [5.74, 6) is 5.46. The molecule has 0 atom stereocenters. The van der Waals surface area contributed by atoms with Crippen LogP contribution in [0.25, 0.3) is 11.0 Å². The van der Waals surface area contributed by atoms with Crippen LogP contribution in [0, 0.1) is 0 Å². The largest absolute Gasteiger partial charge is 0.495 e. The van der Waals surface area contributed by atoms with Gasteiger partial charge in [-0.1, -0.05) is 19.3 Å². The molecule has 3 N–H and O–H groups in total. The van der Waals surface area contributed by atoms with E-state index >= 15 is 0 Å². The third-order valence-electron chi connectivity index (χ3n) is 7.16. The van der Waals surface area contributed by atoms with Gasteiger partial charge in [0.05, 0.1) is 37.4 Å². The summed E-state index contributed by atoms with van der Waals surface area (Å²) in [4.78, 5) is 14.7. The number of H-pyrrole nitrogens is 1. The predicted molar refractivity (Wildman–Crippen MR) is 143 cm³/mol. The smallest absolute Gasteiger partial charge is 0.231 e. The van der Waals surface area contributed by atoms with Crippen LogP contribution in [0.1, 0.15) is 32.1 Å². The molecule has 0 unspecified atom stereocenters. The molecule has 188 valence electrons. The molecule has 6 rings (SSSR count). The maximum atomic E-state index is 13.7. The highest BCUT2D eigenvalue weighted by Crippen LogP contribution is 2.51. The number of hydrogen-bond donors (Lipinski definition) is 3. The molecule has 10 heteroatoms. The number of anilines is 3. The third kappa shape index (κ3) is 4.49. The second kappa shape index (κ2) is 9.64. The average Bonchev–Trinajstić information content (AvgIpc) is 3.34. The van der Waals surface area contributed by atoms with Gasteiger partial charge >= 0.3 is 0 Å². The lowest BCUT2D eigenvalue weighted by atomic mass is 9.95. The van der Waals surface area contributed by atoms with Gasteiger partial charge in [0.25, 0.3) is 0 Å². The Morgan fingerprint density at radius 2 is 1.92 bits per heavy atom. The maximum absolute atomic E-state index is 13.7. The van der Waals surface area contributed by atoms with Gasteiger partial charge < -0.3 is 34.6 Å². The molecule has 2 aliphatic heterocycles. The van der Waals surface area contributed by atoms with Crippen LogP contribution < -0.4 is 20.7 Å². The first-order valence-electron chi connectivity index (χ1n) is 12.5. The number of nitrogens with one attached hydrogen (secondary N) is 3. The Morgan fingerprint density at radius 3 is 2.64 bits per heavy atom. The highest BCUT2D eigenvalue weighted by atomic mass is 31.2. The van der Waals surface area contributed by atoms with Crippen LogP contribution >= 0.6 is 7.14 Å². The number of fused-ring (bicyclic) bond motifs is 1. The molecule has 1 saturated heterocycles. The van der Waals surface area contributed by atoms with Gasteiger partial charge in [0.2, 0.25) is 5.95 Å². The number of rotatable bonds is 7. The highest BCUT2D eigenvalue weighted by Gasteiger charge is 2.28. The fraction of sp³-hybridized carbons (Fsp3) is 0.385. The van der Waals surface area contributed by atoms with Crippen molar-refractivity contribution in [2.24, 2.45) is 0 Å². The summed E-state index contributed by atoms with van der Waals surface area (Å²) in [6.07, 6.45) is 11.8. The van der Waals surface area contributed by atoms with Gasteiger partial charge in [-0.15, -0.1) is 0 Å². The first-order chi connectivity index (χ1) is 17.6. The second-order valence-corrected chi connectivity index (χ2v) is 12.1. The molecule has 0 spiro atoms. The molecule has 0 amide bonds. The first-order valence-corrected chi connectivity index (χ1v) is 14.4. The van der Waals surface area contributed by atoms with E-state index in [2.05, 4.69) is 25.5 Å². The summed E-state index contributed by atoms with van der Waals surface area (Å²) >= 11 is 0. The van der Waals surface area contributed by atoms with Crippen LogP contribution in [0.4, 0.5) is 17.5 Å². The highest BCUT2D eigenvalue weighted by molar-refractivity contribution is 7.77. The fourth-order valence-corrected chi connectivity index (χ4v) is 6.71. The van der Waals surface area contributed by atoms with Crippen molar-refractivity contribution in [2.75, 3.05) is 31.0 Å². The Bertz CT molecular complexity index is 1340. The normalized spacial score (nSPS) is 19.9. The van der Waals surface area contributed by atoms with Gasteiger partial charge in [-0.25, -0.2) is 0 Å². The Hall–Kier alpha value is -3.29. The molecule has 0 radical (unpaired) electrons. The summed E-state index contributed by atoms with van der Waals surface area (Å²) in [5, 5.41) is 8.63. The molecule has 1 aliphatic carbocycles. The lowest BCUT2D eigenvalue weighted by molar-refractivity contribution is -0.0352. The summed E-state index contributed by atoms with van der Waals surface area (Å²) in [7, 11) is -1.21. The summed E-state index contributed by atoms with van der Waals surface area (Å²) < 4.78 is 24.6. The Balaban J connectivity index is 1.25. The third-order valence-corrected chi connectivity index (χ3v) is 9.40. The Labute approximate surface area is 210 Å². The summed E-state index contributed by atoms with van der Waals surface area (Å²) in [5.41, 5.74) is 1.48. The molecule has 0 bridgehead atoms. The van der Waals surface area contributed by atoms with Crippen LogP contribution in [0.5, 0.6) is 5.75 Å². The van der Waals surface area contributed by atoms with Crippen LogP contribution in [0.15, 0.2) is 54.5 Å². The minimum Gasteiger partial charge on any atom is -0.495 e. The molecule has 2 aromatic heterocycles. The molecule has 1 saturated carbocycles. The van der Waals surface area contributed by atoms with Crippen LogP contribution in [0.3, 0.4) is 0 Å². The van der Waals surface area contributed by atoms with Gasteiger partial charge in [0, 0.05) is 29.9 Å². The van der Waals surface area contributed by atoms with Gasteiger partial charge in [-0.05, 0) is 48.7 Å². The van der Waals surface area contributed by atoms with E-state index in [4.69, 9.17) is 14.5 Å². The zero-order valence-corrected chi connectivity index (χ0v) is 21.2. The van der Waals surface area contributed by atoms with Crippen molar-refractivity contribution in [1.29, 1.82) is 0 Å². The minimum absolute atomic E-state index is 0.321. The molecule has 1 aromatic carbocycles. The van der Waals surface area contributed by atoms with Gasteiger partial charge in [0.15, 0.2) is 7.14 Å².